The molecule has 0 fully saturated rings. The summed E-state index contributed by atoms with van der Waals surface area (Å²) in [5, 5.41) is 13.8. The number of carbonyl (C=O) groups excluding carboxylic acids is 1. The monoisotopic (exact) mass is 347 g/mol. The Morgan fingerprint density at radius 3 is 2.96 bits per heavy atom. The Hall–Kier alpha value is -2.25. The number of thiazole rings is 1. The summed E-state index contributed by atoms with van der Waals surface area (Å²) in [6, 6.07) is 6.20. The van der Waals surface area contributed by atoms with Gasteiger partial charge < -0.3 is 10.4 Å². The predicted octanol–water partition coefficient (Wildman–Crippen LogP) is 2.95. The number of hydrogen-bond acceptors (Lipinski definition) is 4. The van der Waals surface area contributed by atoms with Crippen LogP contribution in [0.3, 0.4) is 0 Å². The van der Waals surface area contributed by atoms with Crippen LogP contribution in [0, 0.1) is 11.2 Å². The summed E-state index contributed by atoms with van der Waals surface area (Å²) >= 11 is 1.35. The van der Waals surface area contributed by atoms with Gasteiger partial charge in [0, 0.05) is 35.7 Å². The highest BCUT2D eigenvalue weighted by molar-refractivity contribution is 7.15. The van der Waals surface area contributed by atoms with Crippen LogP contribution >= 0.6 is 11.3 Å². The molecule has 0 aliphatic rings. The molecule has 24 heavy (non-hydrogen) atoms. The maximum absolute atomic E-state index is 13.4. The number of aliphatic hydroxyl groups is 1. The number of amides is 1. The Morgan fingerprint density at radius 1 is 1.46 bits per heavy atom. The molecule has 3 rings (SSSR count). The van der Waals surface area contributed by atoms with Gasteiger partial charge in [0.1, 0.15) is 11.5 Å². The summed E-state index contributed by atoms with van der Waals surface area (Å²) in [6.45, 7) is 4.10. The number of nitrogens with zero attached hydrogens (tertiary/aromatic N) is 2. The lowest BCUT2D eigenvalue weighted by atomic mass is 9.95. The molecule has 2 heterocycles. The Kier molecular flexibility index (Phi) is 4.38. The van der Waals surface area contributed by atoms with Crippen LogP contribution in [0.4, 0.5) is 4.39 Å². The number of carbonyl (C=O) groups is 1. The lowest BCUT2D eigenvalue weighted by Crippen LogP contribution is -2.36. The first-order valence-electron chi connectivity index (χ1n) is 7.51. The Labute approximate surface area is 142 Å². The highest BCUT2D eigenvalue weighted by atomic mass is 32.1. The summed E-state index contributed by atoms with van der Waals surface area (Å²) < 4.78 is 15.1. The van der Waals surface area contributed by atoms with Gasteiger partial charge in [-0.1, -0.05) is 26.0 Å². The molecule has 0 aliphatic carbocycles. The molecule has 2 N–H and O–H groups in total. The Bertz CT molecular complexity index is 885. The third kappa shape index (κ3) is 3.32. The molecule has 0 aliphatic heterocycles. The van der Waals surface area contributed by atoms with E-state index in [4.69, 9.17) is 0 Å². The zero-order valence-electron chi connectivity index (χ0n) is 13.4. The molecule has 0 bridgehead atoms. The fourth-order valence-corrected chi connectivity index (χ4v) is 3.05. The second-order valence-corrected chi connectivity index (χ2v) is 7.25. The fraction of sp³-hybridized carbons (Fsp3) is 0.294. The number of imidazole rings is 1. The van der Waals surface area contributed by atoms with Gasteiger partial charge in [-0.2, -0.15) is 0 Å². The van der Waals surface area contributed by atoms with Crippen LogP contribution < -0.4 is 5.32 Å². The molecule has 0 unspecified atom stereocenters. The van der Waals surface area contributed by atoms with Crippen molar-refractivity contribution in [2.45, 2.75) is 13.8 Å². The van der Waals surface area contributed by atoms with E-state index in [1.807, 2.05) is 13.8 Å². The minimum Gasteiger partial charge on any atom is -0.396 e. The smallest absolute Gasteiger partial charge is 0.269 e. The van der Waals surface area contributed by atoms with Crippen molar-refractivity contribution in [1.29, 1.82) is 0 Å². The molecular formula is C17H18FN3O2S. The van der Waals surface area contributed by atoms with Crippen molar-refractivity contribution in [3.05, 3.63) is 47.4 Å². The van der Waals surface area contributed by atoms with Gasteiger partial charge in [0.2, 0.25) is 0 Å². The van der Waals surface area contributed by atoms with Crippen LogP contribution in [0.15, 0.2) is 35.8 Å². The summed E-state index contributed by atoms with van der Waals surface area (Å²) in [7, 11) is 0. The Morgan fingerprint density at radius 2 is 2.25 bits per heavy atom. The summed E-state index contributed by atoms with van der Waals surface area (Å²) in [5.41, 5.74) is 1.37. The van der Waals surface area contributed by atoms with Crippen molar-refractivity contribution in [2.24, 2.45) is 5.41 Å². The molecule has 2 aromatic heterocycles. The molecule has 1 aromatic carbocycles. The molecule has 0 atom stereocenters. The fourth-order valence-electron chi connectivity index (χ4n) is 2.20. The lowest BCUT2D eigenvalue weighted by Gasteiger charge is -2.21. The van der Waals surface area contributed by atoms with Crippen LogP contribution in [-0.2, 0) is 0 Å². The number of hydrogen-bond donors (Lipinski definition) is 2. The molecule has 5 nitrogen and oxygen atoms in total. The van der Waals surface area contributed by atoms with Gasteiger partial charge >= 0.3 is 0 Å². The van der Waals surface area contributed by atoms with E-state index in [1.165, 1.54) is 23.5 Å². The van der Waals surface area contributed by atoms with Crippen molar-refractivity contribution >= 4 is 22.2 Å². The zero-order valence-corrected chi connectivity index (χ0v) is 14.2. The van der Waals surface area contributed by atoms with Crippen molar-refractivity contribution < 1.29 is 14.3 Å². The van der Waals surface area contributed by atoms with Gasteiger partial charge in [-0.05, 0) is 12.1 Å². The largest absolute Gasteiger partial charge is 0.396 e. The molecule has 0 radical (unpaired) electrons. The van der Waals surface area contributed by atoms with Gasteiger partial charge in [-0.15, -0.1) is 11.3 Å². The molecule has 3 aromatic rings. The van der Waals surface area contributed by atoms with Crippen LogP contribution in [-0.4, -0.2) is 33.6 Å². The van der Waals surface area contributed by atoms with E-state index in [9.17, 15) is 14.3 Å². The molecule has 7 heteroatoms. The highest BCUT2D eigenvalue weighted by Crippen LogP contribution is 2.24. The van der Waals surface area contributed by atoms with E-state index < -0.39 is 0 Å². The first-order valence-corrected chi connectivity index (χ1v) is 8.39. The Balaban J connectivity index is 1.86. The summed E-state index contributed by atoms with van der Waals surface area (Å²) in [5.74, 6) is -0.556. The quantitative estimate of drug-likeness (QED) is 0.746. The van der Waals surface area contributed by atoms with E-state index >= 15 is 0 Å². The van der Waals surface area contributed by atoms with Crippen molar-refractivity contribution in [3.8, 4) is 11.3 Å². The average molecular weight is 347 g/mol. The first-order chi connectivity index (χ1) is 11.4. The highest BCUT2D eigenvalue weighted by Gasteiger charge is 2.20. The number of nitrogens with one attached hydrogen (secondary N) is 1. The first kappa shape index (κ1) is 16.6. The van der Waals surface area contributed by atoms with Crippen LogP contribution in [0.1, 0.15) is 24.3 Å². The van der Waals surface area contributed by atoms with Crippen molar-refractivity contribution in [2.75, 3.05) is 13.2 Å². The minimum atomic E-state index is -0.382. The summed E-state index contributed by atoms with van der Waals surface area (Å²) in [6.07, 6.45) is 1.73. The number of fused-ring (bicyclic) bond motifs is 1. The van der Waals surface area contributed by atoms with E-state index in [1.54, 1.807) is 28.1 Å². The normalized spacial score (nSPS) is 11.8. The number of aromatic nitrogens is 2. The van der Waals surface area contributed by atoms with E-state index in [2.05, 4.69) is 10.3 Å². The van der Waals surface area contributed by atoms with E-state index in [0.717, 1.165) is 0 Å². The van der Waals surface area contributed by atoms with E-state index in [-0.39, 0.29) is 23.7 Å². The molecule has 0 spiro atoms. The number of rotatable bonds is 5. The molecule has 0 saturated carbocycles. The molecule has 126 valence electrons. The van der Waals surface area contributed by atoms with Gasteiger partial charge in [0.05, 0.1) is 5.69 Å². The lowest BCUT2D eigenvalue weighted by molar-refractivity contribution is 0.0905. The van der Waals surface area contributed by atoms with E-state index in [0.29, 0.717) is 28.5 Å². The van der Waals surface area contributed by atoms with Crippen LogP contribution in [0.5, 0.6) is 0 Å². The number of benzene rings is 1. The molecule has 1 amide bonds. The second-order valence-electron chi connectivity index (χ2n) is 6.42. The number of halogens is 1. The van der Waals surface area contributed by atoms with Crippen LogP contribution in [0.2, 0.25) is 0 Å². The number of aliphatic hydroxyl groups excluding tert-OH is 1. The van der Waals surface area contributed by atoms with Crippen LogP contribution in [0.25, 0.3) is 16.2 Å². The van der Waals surface area contributed by atoms with Gasteiger partial charge in [-0.25, -0.2) is 9.37 Å². The molecular weight excluding hydrogens is 329 g/mol. The zero-order chi connectivity index (χ0) is 17.3. The topological polar surface area (TPSA) is 66.6 Å². The standard InChI is InChI=1S/C17H18FN3O2S/c1-17(2,10-22)9-19-15(23)14-8-24-16-20-13(7-21(14)16)11-4-3-5-12(18)6-11/h3-8,22H,9-10H2,1-2H3,(H,19,23). The second kappa shape index (κ2) is 6.33. The van der Waals surface area contributed by atoms with Gasteiger partial charge in [0.15, 0.2) is 4.96 Å². The summed E-state index contributed by atoms with van der Waals surface area (Å²) in [4.78, 5) is 17.5. The maximum atomic E-state index is 13.4. The van der Waals surface area contributed by atoms with Gasteiger partial charge in [0.25, 0.3) is 5.91 Å². The predicted molar refractivity (Wildman–Crippen MR) is 91.7 cm³/mol. The van der Waals surface area contributed by atoms with Crippen molar-refractivity contribution in [3.63, 3.8) is 0 Å². The maximum Gasteiger partial charge on any atom is 0.269 e. The third-order valence-electron chi connectivity index (χ3n) is 3.72. The van der Waals surface area contributed by atoms with Gasteiger partial charge in [-0.3, -0.25) is 9.20 Å². The third-order valence-corrected chi connectivity index (χ3v) is 4.56. The average Bonchev–Trinajstić information content (AvgIpc) is 3.13. The SMILES string of the molecule is CC(C)(CO)CNC(=O)c1csc2nc(-c3cccc(F)c3)cn12. The van der Waals surface area contributed by atoms with Crippen molar-refractivity contribution in [1.82, 2.24) is 14.7 Å². The minimum absolute atomic E-state index is 0.0128. The molecule has 0 saturated heterocycles.